The van der Waals surface area contributed by atoms with Crippen molar-refractivity contribution in [3.05, 3.63) is 50.7 Å². The summed E-state index contributed by atoms with van der Waals surface area (Å²) in [4.78, 5) is 41.5. The van der Waals surface area contributed by atoms with Crippen molar-refractivity contribution >= 4 is 46.4 Å². The minimum atomic E-state index is -1.96. The monoisotopic (exact) mass is 462 g/mol. The highest BCUT2D eigenvalue weighted by Gasteiger charge is 2.69. The molecule has 4 unspecified atom stereocenters. The summed E-state index contributed by atoms with van der Waals surface area (Å²) in [6.07, 6.45) is 1.23. The largest absolute Gasteiger partial charge is 0.480 e. The van der Waals surface area contributed by atoms with Gasteiger partial charge in [0.15, 0.2) is 5.54 Å². The van der Waals surface area contributed by atoms with E-state index in [1.807, 2.05) is 32.0 Å². The number of carboxylic acids is 1. The summed E-state index contributed by atoms with van der Waals surface area (Å²) in [5.41, 5.74) is 0.266. The van der Waals surface area contributed by atoms with Gasteiger partial charge in [-0.25, -0.2) is 4.90 Å². The number of hydrogen-bond donors (Lipinski definition) is 3. The number of aliphatic carboxylic acids is 1. The molecule has 2 amide bonds. The molecular weight excluding hydrogens is 440 g/mol. The Morgan fingerprint density at radius 1 is 1.16 bits per heavy atom. The second kappa shape index (κ2) is 8.02. The Bertz CT molecular complexity index is 1050. The number of aryl methyl sites for hydroxylation is 2. The van der Waals surface area contributed by atoms with Crippen LogP contribution in [0.1, 0.15) is 35.9 Å². The van der Waals surface area contributed by atoms with E-state index in [4.69, 9.17) is 11.6 Å². The topological polar surface area (TPSA) is 107 Å². The number of carbonyl (C=O) groups excluding carboxylic acids is 2. The van der Waals surface area contributed by atoms with E-state index in [9.17, 15) is 24.6 Å². The molecule has 31 heavy (non-hydrogen) atoms. The van der Waals surface area contributed by atoms with E-state index in [1.165, 1.54) is 11.3 Å². The lowest BCUT2D eigenvalue weighted by Gasteiger charge is -2.30. The van der Waals surface area contributed by atoms with Crippen molar-refractivity contribution in [1.29, 1.82) is 0 Å². The minimum Gasteiger partial charge on any atom is -0.480 e. The number of benzene rings is 1. The van der Waals surface area contributed by atoms with E-state index in [0.29, 0.717) is 27.7 Å². The number of carbonyl (C=O) groups is 3. The van der Waals surface area contributed by atoms with Crippen LogP contribution in [0.3, 0.4) is 0 Å². The van der Waals surface area contributed by atoms with Crippen molar-refractivity contribution in [1.82, 2.24) is 5.32 Å². The molecule has 4 atom stereocenters. The standard InChI is InChI=1S/C22H23ClN2O5S/c1-3-11-6-5-7-12(4-2)18(11)25-19(27)15-16(20(25)28)22(10-26,21(29)30)24-17(15)13-8-9-14(23)31-13/h5-9,15-17,24,26H,3-4,10H2,1-2H3,(H,29,30). The number of amides is 2. The van der Waals surface area contributed by atoms with Gasteiger partial charge in [0.2, 0.25) is 11.8 Å². The average molecular weight is 463 g/mol. The number of aliphatic hydroxyl groups excluding tert-OH is 1. The molecule has 0 radical (unpaired) electrons. The molecule has 2 aromatic rings. The van der Waals surface area contributed by atoms with Gasteiger partial charge in [0, 0.05) is 4.88 Å². The summed E-state index contributed by atoms with van der Waals surface area (Å²) < 4.78 is 0.489. The van der Waals surface area contributed by atoms with E-state index in [2.05, 4.69) is 5.32 Å². The predicted octanol–water partition coefficient (Wildman–Crippen LogP) is 2.79. The van der Waals surface area contributed by atoms with Gasteiger partial charge < -0.3 is 10.2 Å². The van der Waals surface area contributed by atoms with Gasteiger partial charge in [0.25, 0.3) is 0 Å². The molecule has 4 rings (SSSR count). The molecule has 2 saturated heterocycles. The van der Waals surface area contributed by atoms with Crippen molar-refractivity contribution in [2.45, 2.75) is 38.3 Å². The van der Waals surface area contributed by atoms with Crippen molar-refractivity contribution in [2.24, 2.45) is 11.8 Å². The zero-order valence-corrected chi connectivity index (χ0v) is 18.7. The van der Waals surface area contributed by atoms with Gasteiger partial charge in [0.05, 0.1) is 34.5 Å². The van der Waals surface area contributed by atoms with Crippen LogP contribution in [-0.4, -0.2) is 40.1 Å². The van der Waals surface area contributed by atoms with E-state index < -0.39 is 47.8 Å². The molecule has 2 aliphatic heterocycles. The Morgan fingerprint density at radius 3 is 2.29 bits per heavy atom. The lowest BCUT2D eigenvalue weighted by molar-refractivity contribution is -0.150. The van der Waals surface area contributed by atoms with Gasteiger partial charge >= 0.3 is 5.97 Å². The first-order valence-electron chi connectivity index (χ1n) is 10.2. The number of aliphatic hydroxyl groups is 1. The lowest BCUT2D eigenvalue weighted by atomic mass is 9.80. The number of thiophene rings is 1. The summed E-state index contributed by atoms with van der Waals surface area (Å²) in [6, 6.07) is 8.27. The van der Waals surface area contributed by atoms with Crippen LogP contribution >= 0.6 is 22.9 Å². The van der Waals surface area contributed by atoms with E-state index >= 15 is 0 Å². The lowest BCUT2D eigenvalue weighted by Crippen LogP contribution is -2.58. The molecule has 0 saturated carbocycles. The molecule has 1 aromatic heterocycles. The number of hydrogen-bond acceptors (Lipinski definition) is 6. The van der Waals surface area contributed by atoms with Crippen LogP contribution in [0.15, 0.2) is 30.3 Å². The van der Waals surface area contributed by atoms with Crippen LogP contribution < -0.4 is 10.2 Å². The molecule has 2 fully saturated rings. The third-order valence-corrected chi connectivity index (χ3v) is 7.69. The number of halogens is 1. The summed E-state index contributed by atoms with van der Waals surface area (Å²) >= 11 is 7.30. The molecule has 7 nitrogen and oxygen atoms in total. The zero-order chi connectivity index (χ0) is 22.5. The molecule has 9 heteroatoms. The highest BCUT2D eigenvalue weighted by Crippen LogP contribution is 2.51. The molecule has 2 aliphatic rings. The maximum Gasteiger partial charge on any atom is 0.327 e. The number of para-hydroxylation sites is 1. The van der Waals surface area contributed by atoms with Crippen LogP contribution in [0.4, 0.5) is 5.69 Å². The number of nitrogens with one attached hydrogen (secondary N) is 1. The SMILES string of the molecule is CCc1cccc(CC)c1N1C(=O)C2C(c3ccc(Cl)s3)NC(CO)(C(=O)O)C2C1=O. The minimum absolute atomic E-state index is 0.454. The first-order chi connectivity index (χ1) is 14.8. The summed E-state index contributed by atoms with van der Waals surface area (Å²) in [5, 5.41) is 23.0. The second-order valence-electron chi connectivity index (χ2n) is 7.85. The molecule has 0 aliphatic carbocycles. The molecule has 3 heterocycles. The van der Waals surface area contributed by atoms with Gasteiger partial charge in [0.1, 0.15) is 0 Å². The molecule has 0 bridgehead atoms. The predicted molar refractivity (Wildman–Crippen MR) is 117 cm³/mol. The molecule has 1 aromatic carbocycles. The first-order valence-corrected chi connectivity index (χ1v) is 11.4. The number of anilines is 1. The Balaban J connectivity index is 1.90. The van der Waals surface area contributed by atoms with Crippen LogP contribution in [0.2, 0.25) is 4.34 Å². The van der Waals surface area contributed by atoms with Crippen molar-refractivity contribution < 1.29 is 24.6 Å². The fourth-order valence-corrected chi connectivity index (χ4v) is 6.04. The van der Waals surface area contributed by atoms with Crippen LogP contribution in [0, 0.1) is 11.8 Å². The number of rotatable bonds is 6. The van der Waals surface area contributed by atoms with Gasteiger partial charge in [-0.05, 0) is 36.1 Å². The van der Waals surface area contributed by atoms with Crippen molar-refractivity contribution in [3.63, 3.8) is 0 Å². The molecule has 164 valence electrons. The second-order valence-corrected chi connectivity index (χ2v) is 9.59. The van der Waals surface area contributed by atoms with Crippen LogP contribution in [0.5, 0.6) is 0 Å². The average Bonchev–Trinajstić information content (AvgIpc) is 3.41. The Kier molecular flexibility index (Phi) is 5.68. The maximum atomic E-state index is 13.7. The third kappa shape index (κ3) is 3.12. The third-order valence-electron chi connectivity index (χ3n) is 6.37. The van der Waals surface area contributed by atoms with Crippen molar-refractivity contribution in [2.75, 3.05) is 11.5 Å². The van der Waals surface area contributed by atoms with E-state index in [1.54, 1.807) is 12.1 Å². The van der Waals surface area contributed by atoms with E-state index in [-0.39, 0.29) is 0 Å². The maximum absolute atomic E-state index is 13.7. The molecule has 3 N–H and O–H groups in total. The number of carboxylic acid groups (broad SMARTS) is 1. The number of imide groups is 1. The fraction of sp³-hybridized carbons (Fsp3) is 0.409. The normalized spacial score (nSPS) is 27.7. The first kappa shape index (κ1) is 22.0. The fourth-order valence-electron chi connectivity index (χ4n) is 4.87. The highest BCUT2D eigenvalue weighted by molar-refractivity contribution is 7.16. The van der Waals surface area contributed by atoms with Crippen LogP contribution in [0.25, 0.3) is 0 Å². The quantitative estimate of drug-likeness (QED) is 0.570. The Hall–Kier alpha value is -2.26. The summed E-state index contributed by atoms with van der Waals surface area (Å²) in [6.45, 7) is 3.07. The zero-order valence-electron chi connectivity index (χ0n) is 17.1. The summed E-state index contributed by atoms with van der Waals surface area (Å²) in [5.74, 6) is -4.61. The van der Waals surface area contributed by atoms with Crippen LogP contribution in [-0.2, 0) is 27.2 Å². The smallest absolute Gasteiger partial charge is 0.327 e. The van der Waals surface area contributed by atoms with Gasteiger partial charge in [-0.3, -0.25) is 19.7 Å². The molecular formula is C22H23ClN2O5S. The Labute approximate surface area is 188 Å². The van der Waals surface area contributed by atoms with Gasteiger partial charge in [-0.1, -0.05) is 43.6 Å². The van der Waals surface area contributed by atoms with Gasteiger partial charge in [-0.2, -0.15) is 0 Å². The molecule has 0 spiro atoms. The summed E-state index contributed by atoms with van der Waals surface area (Å²) in [7, 11) is 0. The van der Waals surface area contributed by atoms with E-state index in [0.717, 1.165) is 16.0 Å². The van der Waals surface area contributed by atoms with Crippen molar-refractivity contribution in [3.8, 4) is 0 Å². The Morgan fingerprint density at radius 2 is 1.81 bits per heavy atom. The number of fused-ring (bicyclic) bond motifs is 1. The van der Waals surface area contributed by atoms with Gasteiger partial charge in [-0.15, -0.1) is 11.3 Å². The highest BCUT2D eigenvalue weighted by atomic mass is 35.5. The number of nitrogens with zero attached hydrogens (tertiary/aromatic N) is 1.